The zero-order chi connectivity index (χ0) is 26.0. The first-order valence-corrected chi connectivity index (χ1v) is 13.8. The quantitative estimate of drug-likeness (QED) is 0.362. The summed E-state index contributed by atoms with van der Waals surface area (Å²) in [6, 6.07) is 14.9. The van der Waals surface area contributed by atoms with Gasteiger partial charge in [0, 0.05) is 17.1 Å². The topological polar surface area (TPSA) is 131 Å². The van der Waals surface area contributed by atoms with Crippen LogP contribution in [0.3, 0.4) is 0 Å². The van der Waals surface area contributed by atoms with Gasteiger partial charge in [0.2, 0.25) is 5.91 Å². The summed E-state index contributed by atoms with van der Waals surface area (Å²) in [5.41, 5.74) is 2.47. The van der Waals surface area contributed by atoms with Gasteiger partial charge in [-0.25, -0.2) is 4.79 Å². The van der Waals surface area contributed by atoms with E-state index in [2.05, 4.69) is 10.6 Å². The van der Waals surface area contributed by atoms with E-state index in [-0.39, 0.29) is 19.1 Å². The van der Waals surface area contributed by atoms with Gasteiger partial charge in [-0.05, 0) is 61.3 Å². The van der Waals surface area contributed by atoms with Crippen LogP contribution in [0.5, 0.6) is 0 Å². The van der Waals surface area contributed by atoms with Gasteiger partial charge in [0.15, 0.2) is 0 Å². The number of halogens is 1. The van der Waals surface area contributed by atoms with Crippen molar-refractivity contribution in [2.24, 2.45) is 11.8 Å². The van der Waals surface area contributed by atoms with Gasteiger partial charge in [0.05, 0.1) is 24.7 Å². The van der Waals surface area contributed by atoms with Crippen LogP contribution in [-0.2, 0) is 24.4 Å². The van der Waals surface area contributed by atoms with Gasteiger partial charge in [-0.3, -0.25) is 14.7 Å². The fraction of sp³-hybridized carbons (Fsp3) is 0.440. The van der Waals surface area contributed by atoms with E-state index < -0.39 is 27.9 Å². The lowest BCUT2D eigenvalue weighted by Crippen LogP contribution is -2.32. The van der Waals surface area contributed by atoms with Gasteiger partial charge in [0.25, 0.3) is 10.1 Å². The summed E-state index contributed by atoms with van der Waals surface area (Å²) < 4.78 is 40.9. The molecule has 2 aromatic rings. The largest absolute Gasteiger partial charge is 0.449 e. The standard InChI is InChI=1S/C25H31ClN2O7S/c26-21-11-9-20(10-12-21)22-3-1-2-4-23(22)28-25(30)35-16-19-7-5-18(6-8-19)15-34-17-24(29)27-13-14-36(31,32)33/h1-4,9-12,18-19H,5-8,13-17H2,(H,27,29)(H,28,30)(H,31,32,33). The summed E-state index contributed by atoms with van der Waals surface area (Å²) in [4.78, 5) is 24.1. The van der Waals surface area contributed by atoms with Crippen molar-refractivity contribution in [2.45, 2.75) is 25.7 Å². The first-order chi connectivity index (χ1) is 17.2. The molecule has 36 heavy (non-hydrogen) atoms. The zero-order valence-electron chi connectivity index (χ0n) is 19.8. The molecule has 3 N–H and O–H groups in total. The molecule has 1 fully saturated rings. The van der Waals surface area contributed by atoms with E-state index in [0.717, 1.165) is 36.8 Å². The molecule has 2 aromatic carbocycles. The minimum atomic E-state index is -4.10. The molecule has 0 aliphatic heterocycles. The number of hydrogen-bond donors (Lipinski definition) is 3. The van der Waals surface area contributed by atoms with Gasteiger partial charge in [-0.2, -0.15) is 8.42 Å². The molecule has 9 nitrogen and oxygen atoms in total. The van der Waals surface area contributed by atoms with Crippen LogP contribution < -0.4 is 10.6 Å². The second kappa shape index (κ2) is 13.6. The molecule has 3 rings (SSSR count). The second-order valence-corrected chi connectivity index (χ2v) is 10.8. The number of ether oxygens (including phenoxy) is 2. The van der Waals surface area contributed by atoms with E-state index in [9.17, 15) is 18.0 Å². The van der Waals surface area contributed by atoms with Crippen LogP contribution >= 0.6 is 11.6 Å². The Morgan fingerprint density at radius 3 is 2.28 bits per heavy atom. The van der Waals surface area contributed by atoms with Gasteiger partial charge >= 0.3 is 6.09 Å². The van der Waals surface area contributed by atoms with E-state index in [1.54, 1.807) is 12.1 Å². The number of hydrogen-bond acceptors (Lipinski definition) is 6. The Bertz CT molecular complexity index is 1120. The molecule has 0 unspecified atom stereocenters. The summed E-state index contributed by atoms with van der Waals surface area (Å²) in [7, 11) is -4.10. The van der Waals surface area contributed by atoms with E-state index >= 15 is 0 Å². The summed E-state index contributed by atoms with van der Waals surface area (Å²) in [5.74, 6) is -0.379. The highest BCUT2D eigenvalue weighted by atomic mass is 35.5. The SMILES string of the molecule is O=C(COCC1CCC(COC(=O)Nc2ccccc2-c2ccc(Cl)cc2)CC1)NCCS(=O)(=O)O. The minimum Gasteiger partial charge on any atom is -0.449 e. The van der Waals surface area contributed by atoms with E-state index in [0.29, 0.717) is 29.8 Å². The summed E-state index contributed by atoms with van der Waals surface area (Å²) in [5, 5.41) is 5.86. The van der Waals surface area contributed by atoms with Crippen LogP contribution in [0.4, 0.5) is 10.5 Å². The number of amides is 2. The predicted molar refractivity (Wildman–Crippen MR) is 138 cm³/mol. The Kier molecular flexibility index (Phi) is 10.5. The lowest BCUT2D eigenvalue weighted by atomic mass is 9.83. The predicted octanol–water partition coefficient (Wildman–Crippen LogP) is 4.38. The Morgan fingerprint density at radius 2 is 1.61 bits per heavy atom. The molecule has 0 saturated heterocycles. The first kappa shape index (κ1) is 27.9. The van der Waals surface area contributed by atoms with Gasteiger partial charge < -0.3 is 14.8 Å². The molecular formula is C25H31ClN2O7S. The normalized spacial score (nSPS) is 17.8. The van der Waals surface area contributed by atoms with E-state index in [4.69, 9.17) is 25.6 Å². The molecule has 1 saturated carbocycles. The van der Waals surface area contributed by atoms with Crippen molar-refractivity contribution in [3.63, 3.8) is 0 Å². The van der Waals surface area contributed by atoms with Crippen molar-refractivity contribution in [3.05, 3.63) is 53.6 Å². The highest BCUT2D eigenvalue weighted by molar-refractivity contribution is 7.85. The number of anilines is 1. The fourth-order valence-electron chi connectivity index (χ4n) is 4.07. The third kappa shape index (κ3) is 9.77. The van der Waals surface area contributed by atoms with Crippen LogP contribution in [0.2, 0.25) is 5.02 Å². The minimum absolute atomic E-state index is 0.160. The van der Waals surface area contributed by atoms with Crippen LogP contribution in [-0.4, -0.2) is 57.1 Å². The third-order valence-electron chi connectivity index (χ3n) is 6.00. The molecule has 2 amide bonds. The van der Waals surface area contributed by atoms with Crippen LogP contribution in [0.25, 0.3) is 11.1 Å². The molecule has 0 heterocycles. The zero-order valence-corrected chi connectivity index (χ0v) is 21.4. The smallest absolute Gasteiger partial charge is 0.411 e. The summed E-state index contributed by atoms with van der Waals surface area (Å²) >= 11 is 5.98. The van der Waals surface area contributed by atoms with Crippen LogP contribution in [0.15, 0.2) is 48.5 Å². The second-order valence-electron chi connectivity index (χ2n) is 8.81. The lowest BCUT2D eigenvalue weighted by molar-refractivity contribution is -0.126. The van der Waals surface area contributed by atoms with Crippen molar-refractivity contribution in [3.8, 4) is 11.1 Å². The molecule has 1 aliphatic rings. The maximum absolute atomic E-state index is 12.4. The van der Waals surface area contributed by atoms with Gasteiger partial charge in [0.1, 0.15) is 6.61 Å². The molecule has 0 radical (unpaired) electrons. The van der Waals surface area contributed by atoms with Crippen molar-refractivity contribution in [2.75, 3.05) is 37.4 Å². The number of carbonyl (C=O) groups is 2. The van der Waals surface area contributed by atoms with Gasteiger partial charge in [-0.1, -0.05) is 41.9 Å². The maximum atomic E-state index is 12.4. The first-order valence-electron chi connectivity index (χ1n) is 11.8. The van der Waals surface area contributed by atoms with Crippen molar-refractivity contribution in [1.82, 2.24) is 5.32 Å². The molecule has 196 valence electrons. The number of para-hydroxylation sites is 1. The van der Waals surface area contributed by atoms with Crippen LogP contribution in [0.1, 0.15) is 25.7 Å². The summed E-state index contributed by atoms with van der Waals surface area (Å²) in [6.07, 6.45) is 3.09. The van der Waals surface area contributed by atoms with Crippen LogP contribution in [0, 0.1) is 11.8 Å². The van der Waals surface area contributed by atoms with Crippen molar-refractivity contribution < 1.29 is 32.0 Å². The molecule has 11 heteroatoms. The van der Waals surface area contributed by atoms with E-state index in [1.807, 2.05) is 36.4 Å². The number of benzene rings is 2. The number of nitrogens with one attached hydrogen (secondary N) is 2. The molecule has 0 bridgehead atoms. The molecule has 0 atom stereocenters. The van der Waals surface area contributed by atoms with E-state index in [1.165, 1.54) is 0 Å². The molecule has 0 spiro atoms. The average molecular weight is 539 g/mol. The Balaban J connectivity index is 1.33. The summed E-state index contributed by atoms with van der Waals surface area (Å²) in [6.45, 7) is 0.443. The Morgan fingerprint density at radius 1 is 0.972 bits per heavy atom. The Hall–Kier alpha value is -2.66. The highest BCUT2D eigenvalue weighted by Crippen LogP contribution is 2.30. The average Bonchev–Trinajstić information content (AvgIpc) is 2.84. The maximum Gasteiger partial charge on any atom is 0.411 e. The van der Waals surface area contributed by atoms with Gasteiger partial charge in [-0.15, -0.1) is 0 Å². The fourth-order valence-corrected chi connectivity index (χ4v) is 4.55. The van der Waals surface area contributed by atoms with Crippen molar-refractivity contribution >= 4 is 39.4 Å². The highest BCUT2D eigenvalue weighted by Gasteiger charge is 2.23. The van der Waals surface area contributed by atoms with Crippen molar-refractivity contribution in [1.29, 1.82) is 0 Å². The molecule has 1 aliphatic carbocycles. The third-order valence-corrected chi connectivity index (χ3v) is 6.98. The number of rotatable bonds is 11. The number of carbonyl (C=O) groups excluding carboxylic acids is 2. The Labute approximate surface area is 216 Å². The monoisotopic (exact) mass is 538 g/mol. The molecular weight excluding hydrogens is 508 g/mol. The molecule has 0 aromatic heterocycles. The lowest BCUT2D eigenvalue weighted by Gasteiger charge is -2.28.